The maximum absolute atomic E-state index is 5.84. The maximum atomic E-state index is 5.84. The van der Waals surface area contributed by atoms with E-state index in [1.807, 2.05) is 0 Å². The summed E-state index contributed by atoms with van der Waals surface area (Å²) >= 11 is 0. The highest BCUT2D eigenvalue weighted by Crippen LogP contribution is 2.35. The fourth-order valence-corrected chi connectivity index (χ4v) is 3.63. The Kier molecular flexibility index (Phi) is 4.26. The molecule has 2 rings (SSSR count). The SMILES string of the molecule is CCC1CCC(N2CC(CN)CCC2C)C1. The van der Waals surface area contributed by atoms with Gasteiger partial charge in [-0.05, 0) is 57.4 Å². The highest BCUT2D eigenvalue weighted by molar-refractivity contribution is 4.89. The predicted octanol–water partition coefficient (Wildman–Crippen LogP) is 2.62. The van der Waals surface area contributed by atoms with E-state index >= 15 is 0 Å². The minimum Gasteiger partial charge on any atom is -0.330 e. The number of hydrogen-bond donors (Lipinski definition) is 1. The van der Waals surface area contributed by atoms with E-state index in [-0.39, 0.29) is 0 Å². The number of likely N-dealkylation sites (tertiary alicyclic amines) is 1. The molecule has 0 radical (unpaired) electrons. The van der Waals surface area contributed by atoms with Gasteiger partial charge in [-0.25, -0.2) is 0 Å². The van der Waals surface area contributed by atoms with E-state index < -0.39 is 0 Å². The molecule has 1 saturated carbocycles. The quantitative estimate of drug-likeness (QED) is 0.798. The molecule has 0 amide bonds. The summed E-state index contributed by atoms with van der Waals surface area (Å²) in [7, 11) is 0. The zero-order valence-electron chi connectivity index (χ0n) is 11.0. The van der Waals surface area contributed by atoms with Crippen molar-refractivity contribution in [3.8, 4) is 0 Å². The van der Waals surface area contributed by atoms with Crippen molar-refractivity contribution in [3.05, 3.63) is 0 Å². The van der Waals surface area contributed by atoms with Crippen LogP contribution in [0.2, 0.25) is 0 Å². The Bertz CT molecular complexity index is 217. The van der Waals surface area contributed by atoms with Crippen molar-refractivity contribution in [2.75, 3.05) is 13.1 Å². The smallest absolute Gasteiger partial charge is 0.0101 e. The molecule has 2 nitrogen and oxygen atoms in total. The van der Waals surface area contributed by atoms with E-state index in [0.717, 1.165) is 30.5 Å². The number of piperidine rings is 1. The molecular formula is C14H28N2. The van der Waals surface area contributed by atoms with Gasteiger partial charge in [0.25, 0.3) is 0 Å². The van der Waals surface area contributed by atoms with Gasteiger partial charge < -0.3 is 5.73 Å². The zero-order chi connectivity index (χ0) is 11.5. The normalized spacial score (nSPS) is 41.4. The van der Waals surface area contributed by atoms with Crippen LogP contribution in [0.5, 0.6) is 0 Å². The summed E-state index contributed by atoms with van der Waals surface area (Å²) in [4.78, 5) is 2.77. The van der Waals surface area contributed by atoms with Crippen molar-refractivity contribution in [2.24, 2.45) is 17.6 Å². The van der Waals surface area contributed by atoms with Crippen LogP contribution in [0, 0.1) is 11.8 Å². The van der Waals surface area contributed by atoms with Crippen molar-refractivity contribution < 1.29 is 0 Å². The average molecular weight is 224 g/mol. The first kappa shape index (κ1) is 12.4. The Morgan fingerprint density at radius 2 is 1.88 bits per heavy atom. The molecule has 2 aliphatic rings. The average Bonchev–Trinajstić information content (AvgIpc) is 2.78. The molecule has 1 aliphatic heterocycles. The second-order valence-corrected chi connectivity index (χ2v) is 5.97. The molecule has 2 N–H and O–H groups in total. The summed E-state index contributed by atoms with van der Waals surface area (Å²) in [6.45, 7) is 6.90. The Balaban J connectivity index is 1.91. The molecule has 2 fully saturated rings. The van der Waals surface area contributed by atoms with Crippen LogP contribution < -0.4 is 5.73 Å². The van der Waals surface area contributed by atoms with E-state index in [4.69, 9.17) is 5.73 Å². The van der Waals surface area contributed by atoms with Crippen LogP contribution in [0.4, 0.5) is 0 Å². The van der Waals surface area contributed by atoms with Crippen LogP contribution in [0.3, 0.4) is 0 Å². The van der Waals surface area contributed by atoms with Crippen LogP contribution >= 0.6 is 0 Å². The lowest BCUT2D eigenvalue weighted by molar-refractivity contribution is 0.0744. The number of rotatable bonds is 3. The fourth-order valence-electron chi connectivity index (χ4n) is 3.63. The molecule has 0 spiro atoms. The van der Waals surface area contributed by atoms with Crippen LogP contribution in [0.15, 0.2) is 0 Å². The van der Waals surface area contributed by atoms with Gasteiger partial charge in [0.2, 0.25) is 0 Å². The van der Waals surface area contributed by atoms with Crippen molar-refractivity contribution in [2.45, 2.75) is 64.5 Å². The standard InChI is InChI=1S/C14H28N2/c1-3-12-6-7-14(8-12)16-10-13(9-15)5-4-11(16)2/h11-14H,3-10,15H2,1-2H3. The first-order valence-corrected chi connectivity index (χ1v) is 7.20. The van der Waals surface area contributed by atoms with Gasteiger partial charge in [0.15, 0.2) is 0 Å². The second-order valence-electron chi connectivity index (χ2n) is 5.97. The Hall–Kier alpha value is -0.0800. The second kappa shape index (κ2) is 5.50. The number of nitrogens with zero attached hydrogens (tertiary/aromatic N) is 1. The molecule has 0 aromatic heterocycles. The minimum atomic E-state index is 0.761. The Morgan fingerprint density at radius 3 is 2.50 bits per heavy atom. The van der Waals surface area contributed by atoms with Gasteiger partial charge in [-0.2, -0.15) is 0 Å². The number of hydrogen-bond acceptors (Lipinski definition) is 2. The van der Waals surface area contributed by atoms with Gasteiger partial charge >= 0.3 is 0 Å². The highest BCUT2D eigenvalue weighted by Gasteiger charge is 2.34. The lowest BCUT2D eigenvalue weighted by Gasteiger charge is -2.41. The lowest BCUT2D eigenvalue weighted by Crippen LogP contribution is -2.48. The van der Waals surface area contributed by atoms with Crippen LogP contribution in [-0.2, 0) is 0 Å². The van der Waals surface area contributed by atoms with E-state index in [1.165, 1.54) is 45.1 Å². The molecule has 0 bridgehead atoms. The molecule has 1 heterocycles. The monoisotopic (exact) mass is 224 g/mol. The topological polar surface area (TPSA) is 29.3 Å². The molecule has 4 atom stereocenters. The summed E-state index contributed by atoms with van der Waals surface area (Å²) in [6, 6.07) is 1.66. The molecular weight excluding hydrogens is 196 g/mol. The third-order valence-electron chi connectivity index (χ3n) is 4.92. The number of nitrogens with two attached hydrogens (primary N) is 1. The summed E-state index contributed by atoms with van der Waals surface area (Å²) in [5.74, 6) is 1.76. The first-order valence-electron chi connectivity index (χ1n) is 7.20. The van der Waals surface area contributed by atoms with Crippen LogP contribution in [-0.4, -0.2) is 30.1 Å². The van der Waals surface area contributed by atoms with Gasteiger partial charge in [0, 0.05) is 18.6 Å². The van der Waals surface area contributed by atoms with E-state index in [9.17, 15) is 0 Å². The van der Waals surface area contributed by atoms with Crippen molar-refractivity contribution >= 4 is 0 Å². The third-order valence-corrected chi connectivity index (χ3v) is 4.92. The van der Waals surface area contributed by atoms with Crippen molar-refractivity contribution in [1.82, 2.24) is 4.90 Å². The van der Waals surface area contributed by atoms with Crippen LogP contribution in [0.1, 0.15) is 52.4 Å². The minimum absolute atomic E-state index is 0.761. The van der Waals surface area contributed by atoms with Gasteiger partial charge in [-0.1, -0.05) is 13.3 Å². The van der Waals surface area contributed by atoms with Crippen LogP contribution in [0.25, 0.3) is 0 Å². The summed E-state index contributed by atoms with van der Waals surface area (Å²) < 4.78 is 0. The molecule has 2 heteroatoms. The largest absolute Gasteiger partial charge is 0.330 e. The third kappa shape index (κ3) is 2.60. The molecule has 0 aromatic carbocycles. The van der Waals surface area contributed by atoms with Gasteiger partial charge in [-0.3, -0.25) is 4.90 Å². The maximum Gasteiger partial charge on any atom is 0.0101 e. The van der Waals surface area contributed by atoms with E-state index in [0.29, 0.717) is 0 Å². The summed E-state index contributed by atoms with van der Waals surface area (Å²) in [5.41, 5.74) is 5.84. The van der Waals surface area contributed by atoms with Crippen molar-refractivity contribution in [3.63, 3.8) is 0 Å². The van der Waals surface area contributed by atoms with Gasteiger partial charge in [0.05, 0.1) is 0 Å². The molecule has 94 valence electrons. The van der Waals surface area contributed by atoms with Crippen molar-refractivity contribution in [1.29, 1.82) is 0 Å². The van der Waals surface area contributed by atoms with E-state index in [2.05, 4.69) is 18.7 Å². The zero-order valence-corrected chi connectivity index (χ0v) is 11.0. The Labute approximate surface area is 101 Å². The van der Waals surface area contributed by atoms with E-state index in [1.54, 1.807) is 0 Å². The summed E-state index contributed by atoms with van der Waals surface area (Å²) in [6.07, 6.45) is 8.40. The molecule has 1 saturated heterocycles. The highest BCUT2D eigenvalue weighted by atomic mass is 15.2. The fraction of sp³-hybridized carbons (Fsp3) is 1.00. The molecule has 1 aliphatic carbocycles. The molecule has 0 aromatic rings. The molecule has 16 heavy (non-hydrogen) atoms. The summed E-state index contributed by atoms with van der Waals surface area (Å²) in [5, 5.41) is 0. The van der Waals surface area contributed by atoms with Gasteiger partial charge in [-0.15, -0.1) is 0 Å². The Morgan fingerprint density at radius 1 is 1.12 bits per heavy atom. The predicted molar refractivity (Wildman–Crippen MR) is 69.4 cm³/mol. The first-order chi connectivity index (χ1) is 7.74. The van der Waals surface area contributed by atoms with Gasteiger partial charge in [0.1, 0.15) is 0 Å². The lowest BCUT2D eigenvalue weighted by atomic mass is 9.91. The molecule has 4 unspecified atom stereocenters.